The fraction of sp³-hybridized carbons (Fsp3) is 0.636. The van der Waals surface area contributed by atoms with E-state index in [2.05, 4.69) is 18.5 Å². The van der Waals surface area contributed by atoms with Crippen LogP contribution >= 0.6 is 12.4 Å². The second-order valence-corrected chi connectivity index (χ2v) is 3.50. The molecule has 0 radical (unpaired) electrons. The van der Waals surface area contributed by atoms with Crippen LogP contribution in [0.3, 0.4) is 0 Å². The summed E-state index contributed by atoms with van der Waals surface area (Å²) < 4.78 is 0. The Hall–Kier alpha value is -0.270. The van der Waals surface area contributed by atoms with Crippen LogP contribution in [-0.2, 0) is 0 Å². The third kappa shape index (κ3) is 4.49. The quantitative estimate of drug-likeness (QED) is 0.690. The first-order chi connectivity index (χ1) is 5.86. The zero-order chi connectivity index (χ0) is 8.81. The van der Waals surface area contributed by atoms with Gasteiger partial charge in [0, 0.05) is 12.1 Å². The first kappa shape index (κ1) is 12.7. The molecule has 1 fully saturated rings. The molecule has 1 nitrogen and oxygen atoms in total. The summed E-state index contributed by atoms with van der Waals surface area (Å²) in [7, 11) is 0. The largest absolute Gasteiger partial charge is 0.308 e. The van der Waals surface area contributed by atoms with Crippen LogP contribution in [0.1, 0.15) is 32.1 Å². The van der Waals surface area contributed by atoms with Crippen molar-refractivity contribution in [1.82, 2.24) is 5.32 Å². The molecule has 1 heterocycles. The van der Waals surface area contributed by atoms with E-state index in [4.69, 9.17) is 0 Å². The molecule has 1 saturated heterocycles. The fourth-order valence-corrected chi connectivity index (χ4v) is 1.79. The van der Waals surface area contributed by atoms with E-state index in [0.717, 1.165) is 6.42 Å². The SMILES string of the molecule is C=CCCC1CCCC(C=C)N1.Cl. The smallest absolute Gasteiger partial charge is 0.0249 e. The lowest BCUT2D eigenvalue weighted by atomic mass is 9.96. The van der Waals surface area contributed by atoms with E-state index in [0.29, 0.717) is 12.1 Å². The fourth-order valence-electron chi connectivity index (χ4n) is 1.79. The van der Waals surface area contributed by atoms with Crippen LogP contribution in [0.15, 0.2) is 25.3 Å². The summed E-state index contributed by atoms with van der Waals surface area (Å²) >= 11 is 0. The van der Waals surface area contributed by atoms with Gasteiger partial charge in [-0.3, -0.25) is 0 Å². The Morgan fingerprint density at radius 1 is 1.31 bits per heavy atom. The van der Waals surface area contributed by atoms with Crippen molar-refractivity contribution in [2.75, 3.05) is 0 Å². The summed E-state index contributed by atoms with van der Waals surface area (Å²) in [5.74, 6) is 0. The average molecular weight is 202 g/mol. The summed E-state index contributed by atoms with van der Waals surface area (Å²) in [6, 6.07) is 1.24. The zero-order valence-corrected chi connectivity index (χ0v) is 8.98. The Morgan fingerprint density at radius 3 is 2.69 bits per heavy atom. The van der Waals surface area contributed by atoms with Crippen LogP contribution in [0.4, 0.5) is 0 Å². The molecule has 1 rings (SSSR count). The van der Waals surface area contributed by atoms with Gasteiger partial charge in [0.15, 0.2) is 0 Å². The third-order valence-corrected chi connectivity index (χ3v) is 2.52. The molecular weight excluding hydrogens is 182 g/mol. The number of allylic oxidation sites excluding steroid dienone is 1. The first-order valence-corrected chi connectivity index (χ1v) is 4.86. The number of hydrogen-bond acceptors (Lipinski definition) is 1. The maximum atomic E-state index is 3.82. The molecule has 1 aliphatic heterocycles. The van der Waals surface area contributed by atoms with Crippen molar-refractivity contribution in [2.45, 2.75) is 44.2 Å². The highest BCUT2D eigenvalue weighted by Crippen LogP contribution is 2.16. The van der Waals surface area contributed by atoms with Gasteiger partial charge in [-0.1, -0.05) is 18.6 Å². The highest BCUT2D eigenvalue weighted by molar-refractivity contribution is 5.85. The van der Waals surface area contributed by atoms with Crippen molar-refractivity contribution >= 4 is 12.4 Å². The van der Waals surface area contributed by atoms with Crippen molar-refractivity contribution < 1.29 is 0 Å². The average Bonchev–Trinajstić information content (AvgIpc) is 2.15. The lowest BCUT2D eigenvalue weighted by Crippen LogP contribution is -2.40. The van der Waals surface area contributed by atoms with Crippen molar-refractivity contribution in [2.24, 2.45) is 0 Å². The van der Waals surface area contributed by atoms with E-state index in [1.165, 1.54) is 25.7 Å². The van der Waals surface area contributed by atoms with Gasteiger partial charge in [0.05, 0.1) is 0 Å². The minimum absolute atomic E-state index is 0. The molecule has 2 unspecified atom stereocenters. The second kappa shape index (κ2) is 7.16. The molecule has 0 aliphatic carbocycles. The number of hydrogen-bond donors (Lipinski definition) is 1. The Labute approximate surface area is 87.7 Å². The highest BCUT2D eigenvalue weighted by atomic mass is 35.5. The molecule has 13 heavy (non-hydrogen) atoms. The zero-order valence-electron chi connectivity index (χ0n) is 8.17. The second-order valence-electron chi connectivity index (χ2n) is 3.50. The maximum absolute atomic E-state index is 3.82. The Bertz CT molecular complexity index is 156. The Kier molecular flexibility index (Phi) is 7.02. The molecule has 0 saturated carbocycles. The van der Waals surface area contributed by atoms with E-state index in [1.54, 1.807) is 0 Å². The molecule has 1 N–H and O–H groups in total. The van der Waals surface area contributed by atoms with Gasteiger partial charge in [-0.25, -0.2) is 0 Å². The first-order valence-electron chi connectivity index (χ1n) is 4.86. The summed E-state index contributed by atoms with van der Waals surface area (Å²) in [5.41, 5.74) is 0. The Balaban J connectivity index is 0.00000144. The van der Waals surface area contributed by atoms with Crippen molar-refractivity contribution in [3.05, 3.63) is 25.3 Å². The number of rotatable bonds is 4. The highest BCUT2D eigenvalue weighted by Gasteiger charge is 2.17. The molecule has 0 aromatic rings. The van der Waals surface area contributed by atoms with E-state index in [1.807, 2.05) is 12.2 Å². The third-order valence-electron chi connectivity index (χ3n) is 2.52. The standard InChI is InChI=1S/C11H19N.ClH/c1-3-5-7-11-9-6-8-10(4-2)12-11;/h3-4,10-12H,1-2,5-9H2;1H. The molecule has 76 valence electrons. The molecule has 2 atom stereocenters. The van der Waals surface area contributed by atoms with Gasteiger partial charge >= 0.3 is 0 Å². The molecule has 0 spiro atoms. The maximum Gasteiger partial charge on any atom is 0.0249 e. The van der Waals surface area contributed by atoms with Gasteiger partial charge in [-0.2, -0.15) is 0 Å². The molecule has 0 aromatic heterocycles. The van der Waals surface area contributed by atoms with Crippen LogP contribution in [0.25, 0.3) is 0 Å². The van der Waals surface area contributed by atoms with E-state index < -0.39 is 0 Å². The molecule has 0 amide bonds. The Morgan fingerprint density at radius 2 is 2.08 bits per heavy atom. The van der Waals surface area contributed by atoms with E-state index in [9.17, 15) is 0 Å². The molecular formula is C11H20ClN. The van der Waals surface area contributed by atoms with Crippen LogP contribution < -0.4 is 5.32 Å². The van der Waals surface area contributed by atoms with Gasteiger partial charge in [0.25, 0.3) is 0 Å². The van der Waals surface area contributed by atoms with E-state index in [-0.39, 0.29) is 12.4 Å². The van der Waals surface area contributed by atoms with Crippen LogP contribution in [0.5, 0.6) is 0 Å². The number of nitrogens with one attached hydrogen (secondary N) is 1. The predicted molar refractivity (Wildman–Crippen MR) is 61.4 cm³/mol. The van der Waals surface area contributed by atoms with E-state index >= 15 is 0 Å². The topological polar surface area (TPSA) is 12.0 Å². The van der Waals surface area contributed by atoms with Crippen LogP contribution in [0, 0.1) is 0 Å². The van der Waals surface area contributed by atoms with Crippen molar-refractivity contribution in [1.29, 1.82) is 0 Å². The van der Waals surface area contributed by atoms with Crippen LogP contribution in [0.2, 0.25) is 0 Å². The van der Waals surface area contributed by atoms with Gasteiger partial charge < -0.3 is 5.32 Å². The van der Waals surface area contributed by atoms with Gasteiger partial charge in [-0.05, 0) is 25.7 Å². The van der Waals surface area contributed by atoms with Gasteiger partial charge in [-0.15, -0.1) is 25.6 Å². The molecule has 0 aromatic carbocycles. The molecule has 0 bridgehead atoms. The minimum atomic E-state index is 0. The minimum Gasteiger partial charge on any atom is -0.308 e. The van der Waals surface area contributed by atoms with Gasteiger partial charge in [0.1, 0.15) is 0 Å². The summed E-state index contributed by atoms with van der Waals surface area (Å²) in [4.78, 5) is 0. The lowest BCUT2D eigenvalue weighted by Gasteiger charge is -2.28. The molecule has 1 aliphatic rings. The normalized spacial score (nSPS) is 27.4. The lowest BCUT2D eigenvalue weighted by molar-refractivity contribution is 0.342. The summed E-state index contributed by atoms with van der Waals surface area (Å²) in [5, 5.41) is 3.57. The van der Waals surface area contributed by atoms with Crippen molar-refractivity contribution in [3.8, 4) is 0 Å². The van der Waals surface area contributed by atoms with Crippen LogP contribution in [-0.4, -0.2) is 12.1 Å². The number of piperidine rings is 1. The van der Waals surface area contributed by atoms with Crippen molar-refractivity contribution in [3.63, 3.8) is 0 Å². The van der Waals surface area contributed by atoms with Gasteiger partial charge in [0.2, 0.25) is 0 Å². The summed E-state index contributed by atoms with van der Waals surface area (Å²) in [6.45, 7) is 7.55. The predicted octanol–water partition coefficient (Wildman–Crippen LogP) is 3.07. The number of halogens is 1. The molecule has 2 heteroatoms. The monoisotopic (exact) mass is 201 g/mol. The summed E-state index contributed by atoms with van der Waals surface area (Å²) in [6.07, 6.45) is 10.3.